The van der Waals surface area contributed by atoms with E-state index < -0.39 is 6.10 Å². The average molecular weight is 354 g/mol. The van der Waals surface area contributed by atoms with Gasteiger partial charge in [-0.15, -0.1) is 11.3 Å². The number of anilines is 1. The van der Waals surface area contributed by atoms with Crippen molar-refractivity contribution in [3.63, 3.8) is 0 Å². The highest BCUT2D eigenvalue weighted by Gasteiger charge is 2.31. The first-order valence-corrected chi connectivity index (χ1v) is 9.71. The highest BCUT2D eigenvalue weighted by atomic mass is 32.2. The van der Waals surface area contributed by atoms with E-state index >= 15 is 0 Å². The molecule has 2 N–H and O–H groups in total. The number of nitrogens with zero attached hydrogens (tertiary/aromatic N) is 2. The lowest BCUT2D eigenvalue weighted by atomic mass is 9.94. The summed E-state index contributed by atoms with van der Waals surface area (Å²) < 4.78 is 5.93. The molecule has 2 aromatic rings. The molecule has 0 saturated heterocycles. The second-order valence-electron chi connectivity index (χ2n) is 6.43. The summed E-state index contributed by atoms with van der Waals surface area (Å²) in [7, 11) is 0. The maximum atomic E-state index is 9.60. The average Bonchev–Trinajstić information content (AvgIpc) is 2.81. The Labute approximate surface area is 144 Å². The number of hydrogen-bond donors (Lipinski definition) is 2. The van der Waals surface area contributed by atoms with Gasteiger partial charge in [-0.3, -0.25) is 0 Å². The maximum Gasteiger partial charge on any atom is 0.190 e. The molecule has 1 aliphatic heterocycles. The van der Waals surface area contributed by atoms with Crippen molar-refractivity contribution < 1.29 is 9.84 Å². The topological polar surface area (TPSA) is 67.3 Å². The molecular weight excluding hydrogens is 330 g/mol. The van der Waals surface area contributed by atoms with Crippen molar-refractivity contribution in [2.75, 3.05) is 17.6 Å². The fourth-order valence-electron chi connectivity index (χ4n) is 2.69. The summed E-state index contributed by atoms with van der Waals surface area (Å²) in [6, 6.07) is 0. The third kappa shape index (κ3) is 3.63. The molecule has 0 radical (unpaired) electrons. The second-order valence-corrected chi connectivity index (χ2v) is 8.74. The standard InChI is InChI=1S/C16H23N3O2S2/c1-5-22-15-18-13(17-7-9(2)20)12-10-6-16(3,4)21-8-11(10)23-14(12)19-15/h9,20H,5-8H2,1-4H3,(H,17,18,19). The predicted octanol–water partition coefficient (Wildman–Crippen LogP) is 3.45. The number of aromatic nitrogens is 2. The molecule has 1 aliphatic rings. The molecule has 3 rings (SSSR count). The molecule has 0 aromatic carbocycles. The number of thioether (sulfide) groups is 1. The molecule has 0 amide bonds. The number of nitrogens with one attached hydrogen (secondary N) is 1. The van der Waals surface area contributed by atoms with Gasteiger partial charge in [-0.1, -0.05) is 18.7 Å². The van der Waals surface area contributed by atoms with Crippen molar-refractivity contribution >= 4 is 39.1 Å². The number of fused-ring (bicyclic) bond motifs is 3. The van der Waals surface area contributed by atoms with E-state index in [1.165, 1.54) is 10.4 Å². The van der Waals surface area contributed by atoms with Gasteiger partial charge in [0.05, 0.1) is 23.7 Å². The summed E-state index contributed by atoms with van der Waals surface area (Å²) in [5.41, 5.74) is 1.13. The molecule has 23 heavy (non-hydrogen) atoms. The van der Waals surface area contributed by atoms with E-state index in [4.69, 9.17) is 9.72 Å². The van der Waals surface area contributed by atoms with Gasteiger partial charge >= 0.3 is 0 Å². The zero-order valence-electron chi connectivity index (χ0n) is 14.0. The van der Waals surface area contributed by atoms with Crippen LogP contribution in [0.25, 0.3) is 10.2 Å². The van der Waals surface area contributed by atoms with Crippen molar-refractivity contribution in [1.82, 2.24) is 9.97 Å². The Morgan fingerprint density at radius 1 is 1.43 bits per heavy atom. The van der Waals surface area contributed by atoms with Crippen LogP contribution in [-0.2, 0) is 17.8 Å². The van der Waals surface area contributed by atoms with Crippen molar-refractivity contribution in [2.45, 2.75) is 57.6 Å². The van der Waals surface area contributed by atoms with Gasteiger partial charge in [-0.25, -0.2) is 9.97 Å². The lowest BCUT2D eigenvalue weighted by Gasteiger charge is -2.30. The minimum absolute atomic E-state index is 0.167. The van der Waals surface area contributed by atoms with Gasteiger partial charge in [0, 0.05) is 17.8 Å². The molecule has 1 unspecified atom stereocenters. The number of thiophene rings is 1. The second kappa shape index (κ2) is 6.55. The van der Waals surface area contributed by atoms with Crippen molar-refractivity contribution in [2.24, 2.45) is 0 Å². The monoisotopic (exact) mass is 353 g/mol. The van der Waals surface area contributed by atoms with Gasteiger partial charge in [0.15, 0.2) is 5.16 Å². The van der Waals surface area contributed by atoms with Crippen LogP contribution in [0.3, 0.4) is 0 Å². The molecule has 2 aromatic heterocycles. The molecule has 0 spiro atoms. The zero-order chi connectivity index (χ0) is 16.6. The highest BCUT2D eigenvalue weighted by molar-refractivity contribution is 7.99. The largest absolute Gasteiger partial charge is 0.392 e. The first kappa shape index (κ1) is 17.0. The first-order chi connectivity index (χ1) is 10.9. The van der Waals surface area contributed by atoms with E-state index in [2.05, 4.69) is 31.1 Å². The van der Waals surface area contributed by atoms with Crippen LogP contribution in [0.2, 0.25) is 0 Å². The summed E-state index contributed by atoms with van der Waals surface area (Å²) in [6.07, 6.45) is 0.437. The minimum atomic E-state index is -0.420. The quantitative estimate of drug-likeness (QED) is 0.634. The first-order valence-electron chi connectivity index (χ1n) is 7.90. The molecule has 0 fully saturated rings. The van der Waals surface area contributed by atoms with Crippen molar-refractivity contribution in [1.29, 1.82) is 0 Å². The molecule has 0 saturated carbocycles. The summed E-state index contributed by atoms with van der Waals surface area (Å²) in [4.78, 5) is 11.7. The Bertz CT molecular complexity index is 713. The van der Waals surface area contributed by atoms with Crippen LogP contribution >= 0.6 is 23.1 Å². The molecule has 7 heteroatoms. The predicted molar refractivity (Wildman–Crippen MR) is 96.6 cm³/mol. The van der Waals surface area contributed by atoms with Gasteiger partial charge in [-0.2, -0.15) is 0 Å². The van der Waals surface area contributed by atoms with E-state index in [1.807, 2.05) is 0 Å². The Morgan fingerprint density at radius 3 is 2.91 bits per heavy atom. The van der Waals surface area contributed by atoms with E-state index in [9.17, 15) is 5.11 Å². The van der Waals surface area contributed by atoms with Crippen molar-refractivity contribution in [3.05, 3.63) is 10.4 Å². The molecule has 5 nitrogen and oxygen atoms in total. The Hall–Kier alpha value is -0.890. The number of aliphatic hydroxyl groups is 1. The Balaban J connectivity index is 2.10. The molecule has 1 atom stereocenters. The SMILES string of the molecule is CCSc1nc(NCC(C)O)c2c3c(sc2n1)COC(C)(C)C3. The van der Waals surface area contributed by atoms with Gasteiger partial charge in [0.2, 0.25) is 0 Å². The summed E-state index contributed by atoms with van der Waals surface area (Å²) in [5, 5.41) is 14.8. The molecular formula is C16H23N3O2S2. The van der Waals surface area contributed by atoms with Crippen LogP contribution in [0.15, 0.2) is 5.16 Å². The van der Waals surface area contributed by atoms with Crippen LogP contribution in [0.5, 0.6) is 0 Å². The fourth-order valence-corrected chi connectivity index (χ4v) is 4.42. The normalized spacial score (nSPS) is 18.0. The van der Waals surface area contributed by atoms with Crippen LogP contribution in [0.4, 0.5) is 5.82 Å². The van der Waals surface area contributed by atoms with E-state index in [0.29, 0.717) is 13.2 Å². The number of aliphatic hydroxyl groups excluding tert-OH is 1. The van der Waals surface area contributed by atoms with E-state index in [1.54, 1.807) is 30.0 Å². The molecule has 3 heterocycles. The van der Waals surface area contributed by atoms with Crippen LogP contribution < -0.4 is 5.32 Å². The third-order valence-electron chi connectivity index (χ3n) is 3.75. The Morgan fingerprint density at radius 2 is 2.22 bits per heavy atom. The van der Waals surface area contributed by atoms with Gasteiger partial charge in [0.1, 0.15) is 10.6 Å². The van der Waals surface area contributed by atoms with Crippen LogP contribution in [0.1, 0.15) is 38.1 Å². The van der Waals surface area contributed by atoms with Crippen LogP contribution in [-0.4, -0.2) is 39.1 Å². The number of rotatable bonds is 5. The number of ether oxygens (including phenoxy) is 1. The lowest BCUT2D eigenvalue weighted by molar-refractivity contribution is -0.0379. The smallest absolute Gasteiger partial charge is 0.190 e. The molecule has 126 valence electrons. The van der Waals surface area contributed by atoms with Crippen LogP contribution in [0, 0.1) is 0 Å². The van der Waals surface area contributed by atoms with Gasteiger partial charge in [-0.05, 0) is 32.1 Å². The highest BCUT2D eigenvalue weighted by Crippen LogP contribution is 2.41. The summed E-state index contributed by atoms with van der Waals surface area (Å²) in [5.74, 6) is 1.77. The summed E-state index contributed by atoms with van der Waals surface area (Å²) >= 11 is 3.33. The Kier molecular flexibility index (Phi) is 4.83. The molecule has 0 bridgehead atoms. The van der Waals surface area contributed by atoms with Gasteiger partial charge < -0.3 is 15.2 Å². The minimum Gasteiger partial charge on any atom is -0.392 e. The van der Waals surface area contributed by atoms with E-state index in [-0.39, 0.29) is 5.60 Å². The number of hydrogen-bond acceptors (Lipinski definition) is 7. The van der Waals surface area contributed by atoms with E-state index in [0.717, 1.165) is 33.4 Å². The van der Waals surface area contributed by atoms with Crippen molar-refractivity contribution in [3.8, 4) is 0 Å². The fraction of sp³-hybridized carbons (Fsp3) is 0.625. The third-order valence-corrected chi connectivity index (χ3v) is 5.58. The summed E-state index contributed by atoms with van der Waals surface area (Å²) in [6.45, 7) is 9.21. The molecule has 0 aliphatic carbocycles. The maximum absolute atomic E-state index is 9.60. The van der Waals surface area contributed by atoms with Gasteiger partial charge in [0.25, 0.3) is 0 Å². The lowest BCUT2D eigenvalue weighted by Crippen LogP contribution is -2.31. The zero-order valence-corrected chi connectivity index (χ0v) is 15.6.